The van der Waals surface area contributed by atoms with E-state index in [0.717, 1.165) is 27.2 Å². The number of rotatable bonds is 6. The minimum absolute atomic E-state index is 0.0512. The van der Waals surface area contributed by atoms with Crippen LogP contribution in [-0.4, -0.2) is 34.2 Å². The number of aromatic nitrogens is 2. The first kappa shape index (κ1) is 19.2. The third-order valence-corrected chi connectivity index (χ3v) is 4.84. The second-order valence-corrected chi connectivity index (χ2v) is 7.19. The first-order chi connectivity index (χ1) is 13.0. The summed E-state index contributed by atoms with van der Waals surface area (Å²) in [4.78, 5) is 14.6. The van der Waals surface area contributed by atoms with Crippen molar-refractivity contribution in [2.45, 2.75) is 20.4 Å². The molecule has 0 N–H and O–H groups in total. The van der Waals surface area contributed by atoms with Crippen LogP contribution in [-0.2, 0) is 6.54 Å². The van der Waals surface area contributed by atoms with Crippen LogP contribution in [0.5, 0.6) is 5.75 Å². The van der Waals surface area contributed by atoms with E-state index in [1.54, 1.807) is 22.8 Å². The molecular formula is C21H22BrN3O2. The van der Waals surface area contributed by atoms with E-state index < -0.39 is 0 Å². The average molecular weight is 428 g/mol. The van der Waals surface area contributed by atoms with Crippen LogP contribution < -0.4 is 4.74 Å². The maximum Gasteiger partial charge on any atom is 0.257 e. The van der Waals surface area contributed by atoms with Crippen molar-refractivity contribution >= 4 is 21.8 Å². The van der Waals surface area contributed by atoms with Gasteiger partial charge in [-0.1, -0.05) is 28.1 Å². The number of carbonyl (C=O) groups is 1. The minimum Gasteiger partial charge on any atom is -0.494 e. The fraction of sp³-hybridized carbons (Fsp3) is 0.238. The molecule has 0 saturated carbocycles. The van der Waals surface area contributed by atoms with Crippen molar-refractivity contribution in [1.29, 1.82) is 0 Å². The van der Waals surface area contributed by atoms with Crippen LogP contribution in [0.1, 0.15) is 28.5 Å². The van der Waals surface area contributed by atoms with Crippen LogP contribution in [0.2, 0.25) is 0 Å². The lowest BCUT2D eigenvalue weighted by molar-refractivity contribution is 0.0784. The van der Waals surface area contributed by atoms with E-state index in [1.165, 1.54) is 0 Å². The van der Waals surface area contributed by atoms with Gasteiger partial charge < -0.3 is 9.64 Å². The normalized spacial score (nSPS) is 10.7. The predicted molar refractivity (Wildman–Crippen MR) is 109 cm³/mol. The molecule has 3 rings (SSSR count). The molecule has 5 nitrogen and oxygen atoms in total. The van der Waals surface area contributed by atoms with E-state index >= 15 is 0 Å². The first-order valence-corrected chi connectivity index (χ1v) is 9.56. The van der Waals surface area contributed by atoms with Crippen molar-refractivity contribution in [3.63, 3.8) is 0 Å². The summed E-state index contributed by atoms with van der Waals surface area (Å²) in [6, 6.07) is 15.6. The Morgan fingerprint density at radius 3 is 2.44 bits per heavy atom. The van der Waals surface area contributed by atoms with E-state index in [-0.39, 0.29) is 5.91 Å². The fourth-order valence-electron chi connectivity index (χ4n) is 2.87. The Morgan fingerprint density at radius 1 is 1.15 bits per heavy atom. The highest BCUT2D eigenvalue weighted by Gasteiger charge is 2.19. The zero-order valence-corrected chi connectivity index (χ0v) is 17.2. The van der Waals surface area contributed by atoms with E-state index in [9.17, 15) is 4.79 Å². The Hall–Kier alpha value is -2.60. The minimum atomic E-state index is -0.0512. The van der Waals surface area contributed by atoms with Gasteiger partial charge in [-0.3, -0.25) is 4.79 Å². The number of amides is 1. The third-order valence-electron chi connectivity index (χ3n) is 4.31. The van der Waals surface area contributed by atoms with Crippen LogP contribution in [0.15, 0.2) is 59.2 Å². The first-order valence-electron chi connectivity index (χ1n) is 8.77. The molecule has 0 aliphatic heterocycles. The molecule has 6 heteroatoms. The molecular weight excluding hydrogens is 406 g/mol. The Balaban J connectivity index is 1.74. The quantitative estimate of drug-likeness (QED) is 0.576. The lowest BCUT2D eigenvalue weighted by Gasteiger charge is -2.17. The molecule has 0 bridgehead atoms. The molecule has 3 aromatic rings. The summed E-state index contributed by atoms with van der Waals surface area (Å²) < 4.78 is 8.24. The van der Waals surface area contributed by atoms with Gasteiger partial charge in [0.25, 0.3) is 5.91 Å². The molecule has 2 aromatic carbocycles. The van der Waals surface area contributed by atoms with Gasteiger partial charge in [-0.15, -0.1) is 0 Å². The van der Waals surface area contributed by atoms with Gasteiger partial charge in [-0.2, -0.15) is 5.10 Å². The highest BCUT2D eigenvalue weighted by atomic mass is 79.9. The van der Waals surface area contributed by atoms with Crippen molar-refractivity contribution < 1.29 is 9.53 Å². The molecule has 27 heavy (non-hydrogen) atoms. The Kier molecular flexibility index (Phi) is 5.96. The van der Waals surface area contributed by atoms with Gasteiger partial charge in [0.2, 0.25) is 0 Å². The standard InChI is InChI=1S/C21H22BrN3O2/c1-4-27-19-11-5-16(6-12-19)14-24(3)21(26)20-13-23-25(15(20)2)18-9-7-17(22)8-10-18/h5-13H,4,14H2,1-3H3. The van der Waals surface area contributed by atoms with Gasteiger partial charge in [-0.05, 0) is 55.8 Å². The van der Waals surface area contributed by atoms with Crippen molar-refractivity contribution in [2.75, 3.05) is 13.7 Å². The Morgan fingerprint density at radius 2 is 1.81 bits per heavy atom. The van der Waals surface area contributed by atoms with Gasteiger partial charge in [0.05, 0.1) is 29.7 Å². The van der Waals surface area contributed by atoms with Gasteiger partial charge >= 0.3 is 0 Å². The molecule has 0 aliphatic carbocycles. The number of benzene rings is 2. The molecule has 0 radical (unpaired) electrons. The van der Waals surface area contributed by atoms with Gasteiger partial charge in [-0.25, -0.2) is 4.68 Å². The molecule has 0 fully saturated rings. The topological polar surface area (TPSA) is 47.4 Å². The molecule has 0 unspecified atom stereocenters. The van der Waals surface area contributed by atoms with Crippen LogP contribution >= 0.6 is 15.9 Å². The average Bonchev–Trinajstić information content (AvgIpc) is 3.05. The predicted octanol–water partition coefficient (Wildman–Crippen LogP) is 4.61. The lowest BCUT2D eigenvalue weighted by atomic mass is 10.2. The summed E-state index contributed by atoms with van der Waals surface area (Å²) >= 11 is 3.43. The zero-order valence-electron chi connectivity index (χ0n) is 15.6. The number of halogens is 1. The summed E-state index contributed by atoms with van der Waals surface area (Å²) in [5, 5.41) is 4.40. The SMILES string of the molecule is CCOc1ccc(CN(C)C(=O)c2cnn(-c3ccc(Br)cc3)c2C)cc1. The highest BCUT2D eigenvalue weighted by molar-refractivity contribution is 9.10. The van der Waals surface area contributed by atoms with E-state index in [4.69, 9.17) is 4.74 Å². The zero-order chi connectivity index (χ0) is 19.4. The molecule has 1 heterocycles. The maximum absolute atomic E-state index is 12.9. The summed E-state index contributed by atoms with van der Waals surface area (Å²) in [6.45, 7) is 5.03. The van der Waals surface area contributed by atoms with Crippen LogP contribution in [0.4, 0.5) is 0 Å². The highest BCUT2D eigenvalue weighted by Crippen LogP contribution is 2.19. The second-order valence-electron chi connectivity index (χ2n) is 6.27. The van der Waals surface area contributed by atoms with Crippen molar-refractivity contribution in [2.24, 2.45) is 0 Å². The van der Waals surface area contributed by atoms with Gasteiger partial charge in [0.15, 0.2) is 0 Å². The number of carbonyl (C=O) groups excluding carboxylic acids is 1. The monoisotopic (exact) mass is 427 g/mol. The number of hydrogen-bond acceptors (Lipinski definition) is 3. The number of nitrogens with zero attached hydrogens (tertiary/aromatic N) is 3. The molecule has 0 spiro atoms. The molecule has 0 atom stereocenters. The summed E-state index contributed by atoms with van der Waals surface area (Å²) in [7, 11) is 1.80. The van der Waals surface area contributed by atoms with Crippen LogP contribution in [0.25, 0.3) is 5.69 Å². The molecule has 0 aliphatic rings. The van der Waals surface area contributed by atoms with E-state index in [2.05, 4.69) is 21.0 Å². The largest absolute Gasteiger partial charge is 0.494 e. The number of ether oxygens (including phenoxy) is 1. The molecule has 1 amide bonds. The smallest absolute Gasteiger partial charge is 0.257 e. The summed E-state index contributed by atoms with van der Waals surface area (Å²) in [6.07, 6.45) is 1.63. The summed E-state index contributed by atoms with van der Waals surface area (Å²) in [5.41, 5.74) is 3.39. The Bertz CT molecular complexity index is 918. The Labute approximate surface area is 167 Å². The van der Waals surface area contributed by atoms with Crippen molar-refractivity contribution in [3.05, 3.63) is 76.0 Å². The third kappa shape index (κ3) is 4.39. The fourth-order valence-corrected chi connectivity index (χ4v) is 3.14. The van der Waals surface area contributed by atoms with Crippen molar-refractivity contribution in [1.82, 2.24) is 14.7 Å². The van der Waals surface area contributed by atoms with Crippen LogP contribution in [0.3, 0.4) is 0 Å². The van der Waals surface area contributed by atoms with E-state index in [0.29, 0.717) is 18.7 Å². The van der Waals surface area contributed by atoms with Crippen LogP contribution in [0, 0.1) is 6.92 Å². The van der Waals surface area contributed by atoms with Crippen molar-refractivity contribution in [3.8, 4) is 11.4 Å². The molecule has 1 aromatic heterocycles. The molecule has 0 saturated heterocycles. The summed E-state index contributed by atoms with van der Waals surface area (Å²) in [5.74, 6) is 0.784. The van der Waals surface area contributed by atoms with E-state index in [1.807, 2.05) is 62.4 Å². The lowest BCUT2D eigenvalue weighted by Crippen LogP contribution is -2.26. The number of hydrogen-bond donors (Lipinski definition) is 0. The maximum atomic E-state index is 12.9. The molecule has 140 valence electrons. The second kappa shape index (κ2) is 8.39. The van der Waals surface area contributed by atoms with Gasteiger partial charge in [0.1, 0.15) is 5.75 Å². The van der Waals surface area contributed by atoms with Gasteiger partial charge in [0, 0.05) is 18.1 Å².